The molecule has 0 aliphatic heterocycles. The zero-order valence-electron chi connectivity index (χ0n) is 9.86. The first-order valence-electron chi connectivity index (χ1n) is 5.42. The van der Waals surface area contributed by atoms with E-state index in [0.29, 0.717) is 11.4 Å². The Morgan fingerprint density at radius 1 is 0.765 bits per heavy atom. The highest BCUT2D eigenvalue weighted by atomic mass is 16.3. The van der Waals surface area contributed by atoms with Gasteiger partial charge in [-0.2, -0.15) is 0 Å². The molecule has 2 rings (SSSR count). The minimum atomic E-state index is 0.171. The van der Waals surface area contributed by atoms with Gasteiger partial charge in [-0.25, -0.2) is 0 Å². The second-order valence-corrected chi connectivity index (χ2v) is 4.17. The van der Waals surface area contributed by atoms with Gasteiger partial charge in [0.05, 0.1) is 11.4 Å². The maximum atomic E-state index is 9.75. The third-order valence-electron chi connectivity index (χ3n) is 2.58. The van der Waals surface area contributed by atoms with Crippen LogP contribution in [0.15, 0.2) is 36.4 Å². The van der Waals surface area contributed by atoms with Gasteiger partial charge in [0, 0.05) is 0 Å². The summed E-state index contributed by atoms with van der Waals surface area (Å²) in [7, 11) is 0. The van der Waals surface area contributed by atoms with Crippen molar-refractivity contribution in [1.82, 2.24) is 0 Å². The molecular weight excluding hydrogens is 214 g/mol. The predicted molar refractivity (Wildman–Crippen MR) is 69.0 cm³/mol. The van der Waals surface area contributed by atoms with Crippen molar-refractivity contribution in [2.24, 2.45) is 0 Å². The van der Waals surface area contributed by atoms with Gasteiger partial charge < -0.3 is 15.5 Å². The number of nitrogens with one attached hydrogen (secondary N) is 1. The third-order valence-corrected chi connectivity index (χ3v) is 2.58. The molecule has 0 bridgehead atoms. The summed E-state index contributed by atoms with van der Waals surface area (Å²) < 4.78 is 0. The van der Waals surface area contributed by atoms with Crippen molar-refractivity contribution in [3.8, 4) is 11.5 Å². The maximum absolute atomic E-state index is 9.75. The van der Waals surface area contributed by atoms with Crippen LogP contribution in [0, 0.1) is 13.8 Å². The number of aryl methyl sites for hydroxylation is 2. The van der Waals surface area contributed by atoms with Crippen LogP contribution in [0.4, 0.5) is 11.4 Å². The van der Waals surface area contributed by atoms with Crippen molar-refractivity contribution in [2.45, 2.75) is 13.8 Å². The highest BCUT2D eigenvalue weighted by molar-refractivity contribution is 5.70. The van der Waals surface area contributed by atoms with Crippen LogP contribution >= 0.6 is 0 Å². The van der Waals surface area contributed by atoms with Crippen LogP contribution < -0.4 is 5.32 Å². The van der Waals surface area contributed by atoms with Gasteiger partial charge in [0.25, 0.3) is 0 Å². The van der Waals surface area contributed by atoms with E-state index in [1.807, 2.05) is 26.0 Å². The number of benzene rings is 2. The first-order valence-corrected chi connectivity index (χ1v) is 5.42. The molecule has 0 aliphatic rings. The normalized spacial score (nSPS) is 10.2. The van der Waals surface area contributed by atoms with E-state index in [2.05, 4.69) is 5.32 Å². The minimum absolute atomic E-state index is 0.171. The van der Waals surface area contributed by atoms with E-state index in [0.717, 1.165) is 11.1 Å². The van der Waals surface area contributed by atoms with E-state index in [-0.39, 0.29) is 11.5 Å². The van der Waals surface area contributed by atoms with Gasteiger partial charge in [-0.05, 0) is 49.2 Å². The first-order chi connectivity index (χ1) is 8.06. The van der Waals surface area contributed by atoms with Gasteiger partial charge in [-0.1, -0.05) is 12.1 Å². The average molecular weight is 229 g/mol. The summed E-state index contributed by atoms with van der Waals surface area (Å²) in [5.74, 6) is 0.343. The quantitative estimate of drug-likeness (QED) is 0.691. The van der Waals surface area contributed by atoms with E-state index < -0.39 is 0 Å². The lowest BCUT2D eigenvalue weighted by molar-refractivity contribution is 0.474. The van der Waals surface area contributed by atoms with E-state index in [1.54, 1.807) is 24.3 Å². The molecule has 0 saturated heterocycles. The summed E-state index contributed by atoms with van der Waals surface area (Å²) in [4.78, 5) is 0. The highest BCUT2D eigenvalue weighted by Crippen LogP contribution is 2.32. The Kier molecular flexibility index (Phi) is 2.91. The fraction of sp³-hybridized carbons (Fsp3) is 0.143. The summed E-state index contributed by atoms with van der Waals surface area (Å²) in [5, 5.41) is 22.5. The van der Waals surface area contributed by atoms with Gasteiger partial charge in [0.2, 0.25) is 0 Å². The van der Waals surface area contributed by atoms with Crippen LogP contribution in [0.2, 0.25) is 0 Å². The standard InChI is InChI=1S/C14H15NO2/c1-9-3-5-11(13(16)7-9)15-12-6-4-10(2)8-14(12)17/h3-8,15-17H,1-2H3. The van der Waals surface area contributed by atoms with E-state index in [1.165, 1.54) is 0 Å². The van der Waals surface area contributed by atoms with Crippen LogP contribution in [0.5, 0.6) is 11.5 Å². The van der Waals surface area contributed by atoms with Gasteiger partial charge in [0.15, 0.2) is 0 Å². The molecule has 3 heteroatoms. The number of anilines is 2. The lowest BCUT2D eigenvalue weighted by Crippen LogP contribution is -1.92. The smallest absolute Gasteiger partial charge is 0.139 e. The average Bonchev–Trinajstić information content (AvgIpc) is 2.25. The zero-order chi connectivity index (χ0) is 12.4. The molecule has 2 aromatic carbocycles. The molecule has 0 heterocycles. The Hall–Kier alpha value is -2.16. The van der Waals surface area contributed by atoms with Crippen LogP contribution in [0.25, 0.3) is 0 Å². The van der Waals surface area contributed by atoms with Crippen molar-refractivity contribution in [3.05, 3.63) is 47.5 Å². The molecule has 0 radical (unpaired) electrons. The van der Waals surface area contributed by atoms with E-state index in [4.69, 9.17) is 0 Å². The number of phenols is 2. The monoisotopic (exact) mass is 229 g/mol. The molecule has 88 valence electrons. The van der Waals surface area contributed by atoms with Crippen LogP contribution in [0.1, 0.15) is 11.1 Å². The van der Waals surface area contributed by atoms with Crippen molar-refractivity contribution in [2.75, 3.05) is 5.32 Å². The Balaban J connectivity index is 2.31. The topological polar surface area (TPSA) is 52.5 Å². The summed E-state index contributed by atoms with van der Waals surface area (Å²) >= 11 is 0. The molecule has 0 fully saturated rings. The van der Waals surface area contributed by atoms with Crippen LogP contribution in [-0.2, 0) is 0 Å². The fourth-order valence-electron chi connectivity index (χ4n) is 1.64. The van der Waals surface area contributed by atoms with Crippen LogP contribution in [0.3, 0.4) is 0 Å². The molecule has 0 aliphatic carbocycles. The second-order valence-electron chi connectivity index (χ2n) is 4.17. The number of hydrogen-bond acceptors (Lipinski definition) is 3. The third kappa shape index (κ3) is 2.50. The van der Waals surface area contributed by atoms with Crippen molar-refractivity contribution in [3.63, 3.8) is 0 Å². The maximum Gasteiger partial charge on any atom is 0.139 e. The van der Waals surface area contributed by atoms with Gasteiger partial charge in [-0.15, -0.1) is 0 Å². The summed E-state index contributed by atoms with van der Waals surface area (Å²) in [6.07, 6.45) is 0. The molecule has 0 amide bonds. The lowest BCUT2D eigenvalue weighted by atomic mass is 10.2. The number of aromatic hydroxyl groups is 2. The second kappa shape index (κ2) is 4.37. The highest BCUT2D eigenvalue weighted by Gasteiger charge is 2.05. The summed E-state index contributed by atoms with van der Waals surface area (Å²) in [5.41, 5.74) is 3.13. The largest absolute Gasteiger partial charge is 0.506 e. The zero-order valence-corrected chi connectivity index (χ0v) is 9.86. The molecule has 0 spiro atoms. The Bertz CT molecular complexity index is 500. The van der Waals surface area contributed by atoms with Gasteiger partial charge in [0.1, 0.15) is 11.5 Å². The first kappa shape index (κ1) is 11.3. The van der Waals surface area contributed by atoms with E-state index >= 15 is 0 Å². The fourth-order valence-corrected chi connectivity index (χ4v) is 1.64. The summed E-state index contributed by atoms with van der Waals surface area (Å²) in [6, 6.07) is 10.7. The molecule has 3 nitrogen and oxygen atoms in total. The van der Waals surface area contributed by atoms with Crippen molar-refractivity contribution >= 4 is 11.4 Å². The molecule has 2 aromatic rings. The Morgan fingerprint density at radius 2 is 1.18 bits per heavy atom. The molecule has 0 aromatic heterocycles. The van der Waals surface area contributed by atoms with Crippen LogP contribution in [-0.4, -0.2) is 10.2 Å². The van der Waals surface area contributed by atoms with Gasteiger partial charge in [-0.3, -0.25) is 0 Å². The molecule has 0 atom stereocenters. The van der Waals surface area contributed by atoms with Crippen molar-refractivity contribution in [1.29, 1.82) is 0 Å². The molecule has 0 saturated carbocycles. The summed E-state index contributed by atoms with van der Waals surface area (Å²) in [6.45, 7) is 3.82. The number of rotatable bonds is 2. The van der Waals surface area contributed by atoms with E-state index in [9.17, 15) is 10.2 Å². The lowest BCUT2D eigenvalue weighted by Gasteiger charge is -2.11. The molecule has 3 N–H and O–H groups in total. The van der Waals surface area contributed by atoms with Gasteiger partial charge >= 0.3 is 0 Å². The molecular formula is C14H15NO2. The minimum Gasteiger partial charge on any atom is -0.506 e. The SMILES string of the molecule is Cc1ccc(Nc2ccc(C)cc2O)c(O)c1. The number of hydrogen-bond donors (Lipinski definition) is 3. The van der Waals surface area contributed by atoms with Crippen molar-refractivity contribution < 1.29 is 10.2 Å². The Labute approximate surface area is 100 Å². The predicted octanol–water partition coefficient (Wildman–Crippen LogP) is 3.46. The molecule has 17 heavy (non-hydrogen) atoms. The Morgan fingerprint density at radius 3 is 1.53 bits per heavy atom. The number of phenolic OH excluding ortho intramolecular Hbond substituents is 2. The molecule has 0 unspecified atom stereocenters.